The van der Waals surface area contributed by atoms with Gasteiger partial charge in [0.15, 0.2) is 25.0 Å². The first-order chi connectivity index (χ1) is 17.8. The Morgan fingerprint density at radius 3 is 1.36 bits per heavy atom. The van der Waals surface area contributed by atoms with Gasteiger partial charge in [-0.25, -0.2) is 0 Å². The molecule has 0 aliphatic heterocycles. The van der Waals surface area contributed by atoms with Gasteiger partial charge in [-0.3, -0.25) is 0 Å². The van der Waals surface area contributed by atoms with Crippen LogP contribution in [0.1, 0.15) is 38.3 Å². The Morgan fingerprint density at radius 1 is 0.641 bits per heavy atom. The second kappa shape index (κ2) is 13.2. The fraction of sp³-hybridized carbons (Fsp3) is 0.586. The molecular weight excluding hydrogens is 557 g/mol. The molecule has 10 heteroatoms. The summed E-state index contributed by atoms with van der Waals surface area (Å²) < 4.78 is 38.4. The molecule has 0 saturated heterocycles. The molecule has 0 aliphatic rings. The molecule has 0 radical (unpaired) electrons. The summed E-state index contributed by atoms with van der Waals surface area (Å²) in [5, 5.41) is 0. The highest BCUT2D eigenvalue weighted by Crippen LogP contribution is 2.34. The molecule has 2 aromatic carbocycles. The molecule has 0 N–H and O–H groups in total. The van der Waals surface area contributed by atoms with Crippen LogP contribution in [0.25, 0.3) is 0 Å². The van der Waals surface area contributed by atoms with Gasteiger partial charge >= 0.3 is 9.05 Å². The monoisotopic (exact) mass is 608 g/mol. The lowest BCUT2D eigenvalue weighted by molar-refractivity contribution is 0.0165. The molecule has 0 aliphatic carbocycles. The largest absolute Gasteiger partial charge is 0.648 e. The van der Waals surface area contributed by atoms with Crippen LogP contribution in [0.4, 0.5) is 0 Å². The van der Waals surface area contributed by atoms with Crippen LogP contribution in [0.5, 0.6) is 11.5 Å². The number of benzene rings is 2. The lowest BCUT2D eigenvalue weighted by Crippen LogP contribution is -2.63. The van der Waals surface area contributed by atoms with Crippen LogP contribution in [-0.2, 0) is 22.2 Å². The third kappa shape index (κ3) is 11.3. The molecule has 0 amide bonds. The van der Waals surface area contributed by atoms with E-state index in [4.69, 9.17) is 26.2 Å². The first-order valence-electron chi connectivity index (χ1n) is 13.9. The van der Waals surface area contributed by atoms with E-state index in [9.17, 15) is 0 Å². The summed E-state index contributed by atoms with van der Waals surface area (Å²) in [5.41, 5.74) is 2.29. The number of hydrogen-bond acceptors (Lipinski definition) is 6. The lowest BCUT2D eigenvalue weighted by atomic mass is 9.78. The highest BCUT2D eigenvalue weighted by atomic mass is 28.5. The zero-order valence-corrected chi connectivity index (χ0v) is 30.6. The molecule has 2 aromatic rings. The van der Waals surface area contributed by atoms with Crippen LogP contribution >= 0.6 is 0 Å². The normalized spacial score (nSPS) is 14.3. The van der Waals surface area contributed by atoms with Crippen molar-refractivity contribution in [2.45, 2.75) is 97.6 Å². The molecule has 0 heterocycles. The van der Waals surface area contributed by atoms with E-state index in [1.165, 1.54) is 11.1 Å². The van der Waals surface area contributed by atoms with Gasteiger partial charge < -0.3 is 26.2 Å². The summed E-state index contributed by atoms with van der Waals surface area (Å²) in [4.78, 5) is 0. The molecule has 39 heavy (non-hydrogen) atoms. The van der Waals surface area contributed by atoms with Gasteiger partial charge in [-0.15, -0.1) is 0 Å². The first-order valence-corrected chi connectivity index (χ1v) is 25.8. The Bertz CT molecular complexity index is 981. The van der Waals surface area contributed by atoms with Crippen LogP contribution in [0.2, 0.25) is 58.9 Å². The smallest absolute Gasteiger partial charge is 0.497 e. The molecule has 0 bridgehead atoms. The van der Waals surface area contributed by atoms with E-state index in [0.29, 0.717) is 6.61 Å². The van der Waals surface area contributed by atoms with E-state index >= 15 is 0 Å². The van der Waals surface area contributed by atoms with Crippen molar-refractivity contribution >= 4 is 34.0 Å². The summed E-state index contributed by atoms with van der Waals surface area (Å²) in [6.45, 7) is 26.4. The van der Waals surface area contributed by atoms with E-state index < -0.39 is 34.0 Å². The van der Waals surface area contributed by atoms with E-state index in [2.05, 4.69) is 104 Å². The molecule has 1 unspecified atom stereocenters. The Kier molecular flexibility index (Phi) is 11.5. The lowest BCUT2D eigenvalue weighted by Gasteiger charge is -2.42. The highest BCUT2D eigenvalue weighted by molar-refractivity contribution is 6.87. The van der Waals surface area contributed by atoms with Crippen molar-refractivity contribution in [1.29, 1.82) is 0 Å². The Hall–Kier alpha value is -1.25. The molecule has 0 fully saturated rings. The minimum absolute atomic E-state index is 0.151. The van der Waals surface area contributed by atoms with E-state index in [1.54, 1.807) is 7.11 Å². The van der Waals surface area contributed by atoms with Crippen molar-refractivity contribution in [2.24, 2.45) is 0 Å². The van der Waals surface area contributed by atoms with Crippen LogP contribution in [-0.4, -0.2) is 53.8 Å². The second-order valence-electron chi connectivity index (χ2n) is 13.5. The minimum atomic E-state index is -3.41. The van der Waals surface area contributed by atoms with E-state index in [-0.39, 0.29) is 11.5 Å². The topological polar surface area (TPSA) is 55.4 Å². The van der Waals surface area contributed by atoms with Crippen molar-refractivity contribution in [3.63, 3.8) is 0 Å². The number of hydrogen-bond donors (Lipinski definition) is 0. The maximum atomic E-state index is 6.73. The predicted octanol–water partition coefficient (Wildman–Crippen LogP) is 8.19. The zero-order chi connectivity index (χ0) is 29.7. The van der Waals surface area contributed by atoms with Gasteiger partial charge in [-0.05, 0) is 101 Å². The standard InChI is InChI=1S/C29H52O6Si4/c1-14-26(32-39(33-36(5,6)7,34-37(8,9)10)35-38(11,12)13)23-31-28-21-17-25(18-22-28)29(2,3)24-15-19-27(30-4)20-16-24/h15-22,26H,14,23H2,1-13H3. The predicted molar refractivity (Wildman–Crippen MR) is 171 cm³/mol. The Balaban J connectivity index is 2.21. The Morgan fingerprint density at radius 2 is 1.03 bits per heavy atom. The number of rotatable bonds is 15. The van der Waals surface area contributed by atoms with Crippen molar-refractivity contribution in [2.75, 3.05) is 13.7 Å². The third-order valence-corrected chi connectivity index (χ3v) is 16.9. The van der Waals surface area contributed by atoms with Gasteiger partial charge in [-0.2, -0.15) is 0 Å². The van der Waals surface area contributed by atoms with Crippen molar-refractivity contribution in [3.05, 3.63) is 59.7 Å². The maximum absolute atomic E-state index is 6.73. The van der Waals surface area contributed by atoms with Gasteiger partial charge in [-0.1, -0.05) is 45.0 Å². The summed E-state index contributed by atoms with van der Waals surface area (Å²) in [6.07, 6.45) is 0.549. The number of methoxy groups -OCH3 is 1. The summed E-state index contributed by atoms with van der Waals surface area (Å²) in [6, 6.07) is 16.6. The van der Waals surface area contributed by atoms with Gasteiger partial charge in [0.25, 0.3) is 0 Å². The highest BCUT2D eigenvalue weighted by Gasteiger charge is 2.55. The first kappa shape index (κ1) is 34.0. The van der Waals surface area contributed by atoms with Crippen molar-refractivity contribution in [3.8, 4) is 11.5 Å². The molecule has 2 rings (SSSR count). The number of ether oxygens (including phenoxy) is 2. The maximum Gasteiger partial charge on any atom is 0.648 e. The van der Waals surface area contributed by atoms with Gasteiger partial charge in [0.1, 0.15) is 18.1 Å². The fourth-order valence-electron chi connectivity index (χ4n) is 4.03. The average molecular weight is 609 g/mol. The van der Waals surface area contributed by atoms with Gasteiger partial charge in [0.2, 0.25) is 0 Å². The van der Waals surface area contributed by atoms with Crippen molar-refractivity contribution in [1.82, 2.24) is 0 Å². The molecule has 0 aromatic heterocycles. The SMILES string of the molecule is CCC(COc1ccc(C(C)(C)c2ccc(OC)cc2)cc1)O[Si](O[Si](C)(C)C)(O[Si](C)(C)C)O[Si](C)(C)C. The van der Waals surface area contributed by atoms with Crippen LogP contribution < -0.4 is 9.47 Å². The minimum Gasteiger partial charge on any atom is -0.497 e. The van der Waals surface area contributed by atoms with Crippen LogP contribution in [0, 0.1) is 0 Å². The quantitative estimate of drug-likeness (QED) is 0.190. The fourth-order valence-corrected chi connectivity index (χ4v) is 15.9. The molecule has 1 atom stereocenters. The molecule has 6 nitrogen and oxygen atoms in total. The summed E-state index contributed by atoms with van der Waals surface area (Å²) in [5.74, 6) is 1.67. The van der Waals surface area contributed by atoms with E-state index in [0.717, 1.165) is 17.9 Å². The second-order valence-corrected chi connectivity index (χ2v) is 29.8. The van der Waals surface area contributed by atoms with E-state index in [1.807, 2.05) is 24.3 Å². The third-order valence-electron chi connectivity index (χ3n) is 5.88. The molecule has 220 valence electrons. The Labute approximate surface area is 242 Å². The summed E-state index contributed by atoms with van der Waals surface area (Å²) in [7, 11) is -7.82. The van der Waals surface area contributed by atoms with Crippen molar-refractivity contribution < 1.29 is 26.2 Å². The average Bonchev–Trinajstić information content (AvgIpc) is 2.78. The van der Waals surface area contributed by atoms with Gasteiger partial charge in [0, 0.05) is 5.41 Å². The molecular formula is C29H52O6Si4. The van der Waals surface area contributed by atoms with Crippen LogP contribution in [0.3, 0.4) is 0 Å². The van der Waals surface area contributed by atoms with Crippen LogP contribution in [0.15, 0.2) is 48.5 Å². The summed E-state index contributed by atoms with van der Waals surface area (Å²) >= 11 is 0. The molecule has 0 saturated carbocycles. The zero-order valence-electron chi connectivity index (χ0n) is 26.6. The van der Waals surface area contributed by atoms with Gasteiger partial charge in [0.05, 0.1) is 13.2 Å². The molecule has 0 spiro atoms.